The summed E-state index contributed by atoms with van der Waals surface area (Å²) in [6.45, 7) is 1.89. The molecule has 5 heteroatoms. The van der Waals surface area contributed by atoms with E-state index in [0.717, 1.165) is 10.2 Å². The number of rotatable bonds is 3. The van der Waals surface area contributed by atoms with Gasteiger partial charge in [-0.3, -0.25) is 14.8 Å². The second-order valence-corrected chi connectivity index (χ2v) is 4.76. The lowest BCUT2D eigenvalue weighted by Gasteiger charge is -2.13. The topological polar surface area (TPSA) is 54.9 Å². The van der Waals surface area contributed by atoms with Crippen molar-refractivity contribution in [3.8, 4) is 0 Å². The van der Waals surface area contributed by atoms with E-state index in [0.29, 0.717) is 5.56 Å². The van der Waals surface area contributed by atoms with Crippen molar-refractivity contribution in [2.45, 2.75) is 13.0 Å². The summed E-state index contributed by atoms with van der Waals surface area (Å²) in [5.41, 5.74) is 1.35. The minimum Gasteiger partial charge on any atom is -0.344 e. The molecule has 2 aromatic rings. The van der Waals surface area contributed by atoms with Gasteiger partial charge < -0.3 is 5.32 Å². The van der Waals surface area contributed by atoms with Gasteiger partial charge >= 0.3 is 0 Å². The maximum absolute atomic E-state index is 12.0. The minimum absolute atomic E-state index is 0.141. The third-order valence-electron chi connectivity index (χ3n) is 2.45. The predicted octanol–water partition coefficient (Wildman–Crippen LogP) is 2.73. The van der Waals surface area contributed by atoms with E-state index >= 15 is 0 Å². The largest absolute Gasteiger partial charge is 0.344 e. The van der Waals surface area contributed by atoms with Crippen molar-refractivity contribution in [1.29, 1.82) is 0 Å². The highest BCUT2D eigenvalue weighted by Crippen LogP contribution is 2.12. The number of pyridine rings is 2. The first kappa shape index (κ1) is 12.7. The van der Waals surface area contributed by atoms with E-state index in [4.69, 9.17) is 0 Å². The third kappa shape index (κ3) is 3.13. The smallest absolute Gasteiger partial charge is 0.253 e. The monoisotopic (exact) mass is 305 g/mol. The molecule has 0 spiro atoms. The number of hydrogen-bond donors (Lipinski definition) is 1. The van der Waals surface area contributed by atoms with Crippen molar-refractivity contribution < 1.29 is 4.79 Å². The van der Waals surface area contributed by atoms with Crippen molar-refractivity contribution in [1.82, 2.24) is 15.3 Å². The van der Waals surface area contributed by atoms with Gasteiger partial charge in [0.1, 0.15) is 0 Å². The van der Waals surface area contributed by atoms with Crippen molar-refractivity contribution in [3.63, 3.8) is 0 Å². The summed E-state index contributed by atoms with van der Waals surface area (Å²) in [6, 6.07) is 7.21. The van der Waals surface area contributed by atoms with Crippen LogP contribution in [0.4, 0.5) is 0 Å². The van der Waals surface area contributed by atoms with Gasteiger partial charge in [0.2, 0.25) is 0 Å². The van der Waals surface area contributed by atoms with Gasteiger partial charge in [-0.05, 0) is 41.1 Å². The van der Waals surface area contributed by atoms with E-state index in [9.17, 15) is 4.79 Å². The van der Waals surface area contributed by atoms with E-state index in [1.165, 1.54) is 6.20 Å². The first-order chi connectivity index (χ1) is 8.66. The summed E-state index contributed by atoms with van der Waals surface area (Å²) in [5, 5.41) is 2.88. The van der Waals surface area contributed by atoms with Crippen LogP contribution < -0.4 is 5.32 Å². The van der Waals surface area contributed by atoms with Gasteiger partial charge in [0.15, 0.2) is 0 Å². The molecule has 2 aromatic heterocycles. The SMILES string of the molecule is C[C@@H](NC(=O)c1cncc(Br)c1)c1ccccn1. The highest BCUT2D eigenvalue weighted by molar-refractivity contribution is 9.10. The fraction of sp³-hybridized carbons (Fsp3) is 0.154. The molecule has 18 heavy (non-hydrogen) atoms. The van der Waals surface area contributed by atoms with Crippen molar-refractivity contribution >= 4 is 21.8 Å². The molecule has 4 nitrogen and oxygen atoms in total. The van der Waals surface area contributed by atoms with Crippen LogP contribution in [-0.2, 0) is 0 Å². The molecule has 0 radical (unpaired) electrons. The number of nitrogens with one attached hydrogen (secondary N) is 1. The van der Waals surface area contributed by atoms with Crippen molar-refractivity contribution in [2.24, 2.45) is 0 Å². The second kappa shape index (κ2) is 5.73. The molecule has 0 bridgehead atoms. The minimum atomic E-state index is -0.165. The van der Waals surface area contributed by atoms with Gasteiger partial charge in [-0.15, -0.1) is 0 Å². The summed E-state index contributed by atoms with van der Waals surface area (Å²) < 4.78 is 0.778. The Morgan fingerprint density at radius 3 is 2.89 bits per heavy atom. The Labute approximate surface area is 114 Å². The van der Waals surface area contributed by atoms with Crippen LogP contribution >= 0.6 is 15.9 Å². The highest BCUT2D eigenvalue weighted by Gasteiger charge is 2.12. The summed E-state index contributed by atoms with van der Waals surface area (Å²) in [5.74, 6) is -0.165. The molecule has 2 heterocycles. The van der Waals surface area contributed by atoms with Gasteiger partial charge in [0, 0.05) is 23.1 Å². The molecule has 0 saturated heterocycles. The Kier molecular flexibility index (Phi) is 4.04. The van der Waals surface area contributed by atoms with E-state index in [1.807, 2.05) is 25.1 Å². The Morgan fingerprint density at radius 2 is 2.22 bits per heavy atom. The van der Waals surface area contributed by atoms with Gasteiger partial charge in [0.25, 0.3) is 5.91 Å². The van der Waals surface area contributed by atoms with Gasteiger partial charge in [-0.25, -0.2) is 0 Å². The van der Waals surface area contributed by atoms with E-state index in [-0.39, 0.29) is 11.9 Å². The van der Waals surface area contributed by atoms with Crippen molar-refractivity contribution in [3.05, 3.63) is 58.6 Å². The van der Waals surface area contributed by atoms with Crippen LogP contribution in [0.1, 0.15) is 29.0 Å². The average molecular weight is 306 g/mol. The van der Waals surface area contributed by atoms with Crippen LogP contribution in [0.25, 0.3) is 0 Å². The lowest BCUT2D eigenvalue weighted by atomic mass is 10.2. The molecule has 2 rings (SSSR count). The normalized spacial score (nSPS) is 11.9. The maximum atomic E-state index is 12.0. The lowest BCUT2D eigenvalue weighted by Crippen LogP contribution is -2.27. The second-order valence-electron chi connectivity index (χ2n) is 3.84. The van der Waals surface area contributed by atoms with Crippen LogP contribution in [0.15, 0.2) is 47.3 Å². The Bertz CT molecular complexity index is 545. The van der Waals surface area contributed by atoms with Crippen LogP contribution in [0.3, 0.4) is 0 Å². The number of amides is 1. The van der Waals surface area contributed by atoms with Gasteiger partial charge in [-0.2, -0.15) is 0 Å². The molecule has 0 aliphatic heterocycles. The lowest BCUT2D eigenvalue weighted by molar-refractivity contribution is 0.0938. The Morgan fingerprint density at radius 1 is 1.39 bits per heavy atom. The quantitative estimate of drug-likeness (QED) is 0.948. The van der Waals surface area contributed by atoms with Gasteiger partial charge in [-0.1, -0.05) is 6.07 Å². The Balaban J connectivity index is 2.08. The molecule has 0 aliphatic carbocycles. The number of halogens is 1. The highest BCUT2D eigenvalue weighted by atomic mass is 79.9. The van der Waals surface area contributed by atoms with Crippen LogP contribution in [0.2, 0.25) is 0 Å². The number of aromatic nitrogens is 2. The molecule has 0 saturated carbocycles. The molecule has 0 fully saturated rings. The van der Waals surface area contributed by atoms with E-state index in [2.05, 4.69) is 31.2 Å². The van der Waals surface area contributed by atoms with Gasteiger partial charge in [0.05, 0.1) is 17.3 Å². The third-order valence-corrected chi connectivity index (χ3v) is 2.88. The average Bonchev–Trinajstić information content (AvgIpc) is 2.39. The number of carbonyl (C=O) groups is 1. The fourth-order valence-electron chi connectivity index (χ4n) is 1.52. The molecule has 1 amide bonds. The maximum Gasteiger partial charge on any atom is 0.253 e. The molecule has 92 valence electrons. The molecule has 1 N–H and O–H groups in total. The standard InChI is InChI=1S/C13H12BrN3O/c1-9(12-4-2-3-5-16-12)17-13(18)10-6-11(14)8-15-7-10/h2-9H,1H3,(H,17,18)/t9-/m1/s1. The molecule has 0 aliphatic rings. The fourth-order valence-corrected chi connectivity index (χ4v) is 1.89. The zero-order chi connectivity index (χ0) is 13.0. The van der Waals surface area contributed by atoms with Crippen molar-refractivity contribution in [2.75, 3.05) is 0 Å². The number of hydrogen-bond acceptors (Lipinski definition) is 3. The first-order valence-electron chi connectivity index (χ1n) is 5.49. The molecule has 1 atom stereocenters. The summed E-state index contributed by atoms with van der Waals surface area (Å²) in [6.07, 6.45) is 4.88. The Hall–Kier alpha value is -1.75. The van der Waals surface area contributed by atoms with Crippen LogP contribution in [0, 0.1) is 0 Å². The van der Waals surface area contributed by atoms with Crippen LogP contribution in [0.5, 0.6) is 0 Å². The predicted molar refractivity (Wildman–Crippen MR) is 72.1 cm³/mol. The summed E-state index contributed by atoms with van der Waals surface area (Å²) in [4.78, 5) is 20.1. The first-order valence-corrected chi connectivity index (χ1v) is 6.28. The van der Waals surface area contributed by atoms with E-state index < -0.39 is 0 Å². The zero-order valence-corrected chi connectivity index (χ0v) is 11.4. The number of nitrogens with zero attached hydrogens (tertiary/aromatic N) is 2. The molecule has 0 aromatic carbocycles. The molecule has 0 unspecified atom stereocenters. The summed E-state index contributed by atoms with van der Waals surface area (Å²) in [7, 11) is 0. The molecular formula is C13H12BrN3O. The van der Waals surface area contributed by atoms with Crippen LogP contribution in [-0.4, -0.2) is 15.9 Å². The molecular weight excluding hydrogens is 294 g/mol. The summed E-state index contributed by atoms with van der Waals surface area (Å²) >= 11 is 3.29. The number of carbonyl (C=O) groups excluding carboxylic acids is 1. The zero-order valence-electron chi connectivity index (χ0n) is 9.80. The van der Waals surface area contributed by atoms with E-state index in [1.54, 1.807) is 18.5 Å².